The lowest BCUT2D eigenvalue weighted by molar-refractivity contribution is -0.144. The van der Waals surface area contributed by atoms with Gasteiger partial charge in [-0.1, -0.05) is 29.8 Å². The molecule has 1 atom stereocenters. The van der Waals surface area contributed by atoms with Crippen molar-refractivity contribution in [1.82, 2.24) is 5.32 Å². The second-order valence-electron chi connectivity index (χ2n) is 4.19. The number of carboxylic acid groups (broad SMARTS) is 1. The third-order valence-electron chi connectivity index (χ3n) is 3.10. The van der Waals surface area contributed by atoms with Gasteiger partial charge in [-0.15, -0.1) is 0 Å². The lowest BCUT2D eigenvalue weighted by Crippen LogP contribution is -2.49. The first-order chi connectivity index (χ1) is 7.64. The Morgan fingerprint density at radius 1 is 1.50 bits per heavy atom. The van der Waals surface area contributed by atoms with Crippen LogP contribution in [0.2, 0.25) is 5.02 Å². The Morgan fingerprint density at radius 3 is 2.81 bits per heavy atom. The topological polar surface area (TPSA) is 49.3 Å². The van der Waals surface area contributed by atoms with Crippen LogP contribution in [0.4, 0.5) is 0 Å². The van der Waals surface area contributed by atoms with Gasteiger partial charge in [0.15, 0.2) is 0 Å². The van der Waals surface area contributed by atoms with E-state index in [-0.39, 0.29) is 0 Å². The zero-order chi connectivity index (χ0) is 11.6. The molecule has 1 aromatic rings. The van der Waals surface area contributed by atoms with Crippen LogP contribution in [-0.2, 0) is 11.2 Å². The van der Waals surface area contributed by atoms with Crippen molar-refractivity contribution in [1.29, 1.82) is 0 Å². The molecule has 0 amide bonds. The Morgan fingerprint density at radius 2 is 2.25 bits per heavy atom. The van der Waals surface area contributed by atoms with Gasteiger partial charge >= 0.3 is 5.97 Å². The molecule has 1 saturated heterocycles. The summed E-state index contributed by atoms with van der Waals surface area (Å²) in [4.78, 5) is 11.3. The zero-order valence-electron chi connectivity index (χ0n) is 8.87. The Kier molecular flexibility index (Phi) is 3.17. The van der Waals surface area contributed by atoms with Crippen molar-refractivity contribution in [3.63, 3.8) is 0 Å². The molecule has 0 spiro atoms. The Labute approximate surface area is 99.4 Å². The van der Waals surface area contributed by atoms with Gasteiger partial charge in [0.1, 0.15) is 5.54 Å². The van der Waals surface area contributed by atoms with Crippen LogP contribution in [0.15, 0.2) is 24.3 Å². The average Bonchev–Trinajstić information content (AvgIpc) is 2.71. The zero-order valence-corrected chi connectivity index (χ0v) is 9.63. The molecule has 1 aromatic carbocycles. The van der Waals surface area contributed by atoms with E-state index in [4.69, 9.17) is 11.6 Å². The van der Waals surface area contributed by atoms with E-state index in [1.165, 1.54) is 0 Å². The van der Waals surface area contributed by atoms with Crippen molar-refractivity contribution >= 4 is 17.6 Å². The summed E-state index contributed by atoms with van der Waals surface area (Å²) < 4.78 is 0. The third kappa shape index (κ3) is 2.06. The summed E-state index contributed by atoms with van der Waals surface area (Å²) in [7, 11) is 0. The minimum absolute atomic E-state index is 0.446. The number of nitrogens with one attached hydrogen (secondary N) is 1. The summed E-state index contributed by atoms with van der Waals surface area (Å²) in [5, 5.41) is 13.0. The van der Waals surface area contributed by atoms with Crippen molar-refractivity contribution < 1.29 is 9.90 Å². The molecule has 0 aliphatic carbocycles. The number of aliphatic carboxylic acids is 1. The van der Waals surface area contributed by atoms with Crippen LogP contribution in [0.5, 0.6) is 0 Å². The highest BCUT2D eigenvalue weighted by Gasteiger charge is 2.41. The van der Waals surface area contributed by atoms with E-state index in [1.807, 2.05) is 18.2 Å². The van der Waals surface area contributed by atoms with Crippen molar-refractivity contribution in [2.45, 2.75) is 24.8 Å². The number of benzene rings is 1. The molecular formula is C12H14ClNO2. The van der Waals surface area contributed by atoms with Gasteiger partial charge in [-0.25, -0.2) is 0 Å². The van der Waals surface area contributed by atoms with E-state index in [2.05, 4.69) is 5.32 Å². The lowest BCUT2D eigenvalue weighted by Gasteiger charge is -2.24. The van der Waals surface area contributed by atoms with E-state index in [0.717, 1.165) is 18.5 Å². The first-order valence-corrected chi connectivity index (χ1v) is 5.74. The molecule has 0 bridgehead atoms. The molecule has 0 unspecified atom stereocenters. The number of carbonyl (C=O) groups is 1. The maximum Gasteiger partial charge on any atom is 0.324 e. The van der Waals surface area contributed by atoms with Gasteiger partial charge in [0, 0.05) is 11.4 Å². The predicted octanol–water partition coefficient (Wildman–Crippen LogP) is 2.09. The smallest absolute Gasteiger partial charge is 0.324 e. The number of hydrogen-bond donors (Lipinski definition) is 2. The fraction of sp³-hybridized carbons (Fsp3) is 0.417. The molecule has 3 nitrogen and oxygen atoms in total. The van der Waals surface area contributed by atoms with Crippen LogP contribution < -0.4 is 5.32 Å². The molecule has 1 aliphatic rings. The third-order valence-corrected chi connectivity index (χ3v) is 3.47. The molecule has 1 fully saturated rings. The van der Waals surface area contributed by atoms with Crippen molar-refractivity contribution in [3.05, 3.63) is 34.9 Å². The van der Waals surface area contributed by atoms with Gasteiger partial charge in [-0.2, -0.15) is 0 Å². The average molecular weight is 240 g/mol. The summed E-state index contributed by atoms with van der Waals surface area (Å²) in [5.41, 5.74) is 0.0614. The van der Waals surface area contributed by atoms with E-state index in [0.29, 0.717) is 17.9 Å². The molecule has 1 aliphatic heterocycles. The van der Waals surface area contributed by atoms with E-state index < -0.39 is 11.5 Å². The number of rotatable bonds is 3. The summed E-state index contributed by atoms with van der Waals surface area (Å²) in [5.74, 6) is -0.787. The maximum atomic E-state index is 11.3. The molecule has 0 radical (unpaired) electrons. The molecule has 2 N–H and O–H groups in total. The second kappa shape index (κ2) is 4.44. The molecule has 0 saturated carbocycles. The van der Waals surface area contributed by atoms with E-state index >= 15 is 0 Å². The molecule has 86 valence electrons. The van der Waals surface area contributed by atoms with Crippen LogP contribution in [-0.4, -0.2) is 23.2 Å². The SMILES string of the molecule is O=C(O)[C@]1(Cc2ccccc2Cl)CCCN1. The van der Waals surface area contributed by atoms with Gasteiger partial charge in [0.05, 0.1) is 0 Å². The standard InChI is InChI=1S/C12H14ClNO2/c13-10-5-2-1-4-9(10)8-12(11(15)16)6-3-7-14-12/h1-2,4-5,14H,3,6-8H2,(H,15,16)/t12-/m1/s1. The first-order valence-electron chi connectivity index (χ1n) is 5.36. The molecule has 16 heavy (non-hydrogen) atoms. The molecule has 0 aromatic heterocycles. The van der Waals surface area contributed by atoms with Crippen LogP contribution >= 0.6 is 11.6 Å². The van der Waals surface area contributed by atoms with Gasteiger partial charge in [-0.3, -0.25) is 4.79 Å². The summed E-state index contributed by atoms with van der Waals surface area (Å²) >= 11 is 6.05. The van der Waals surface area contributed by atoms with Gasteiger partial charge < -0.3 is 10.4 Å². The van der Waals surface area contributed by atoms with Crippen LogP contribution in [0.3, 0.4) is 0 Å². The van der Waals surface area contributed by atoms with E-state index in [1.54, 1.807) is 6.07 Å². The second-order valence-corrected chi connectivity index (χ2v) is 4.59. The van der Waals surface area contributed by atoms with Gasteiger partial charge in [0.25, 0.3) is 0 Å². The highest BCUT2D eigenvalue weighted by atomic mass is 35.5. The first kappa shape index (κ1) is 11.4. The fourth-order valence-corrected chi connectivity index (χ4v) is 2.38. The fourth-order valence-electron chi connectivity index (χ4n) is 2.18. The van der Waals surface area contributed by atoms with Gasteiger partial charge in [-0.05, 0) is 31.0 Å². The molecule has 1 heterocycles. The predicted molar refractivity (Wildman–Crippen MR) is 62.8 cm³/mol. The number of carboxylic acids is 1. The monoisotopic (exact) mass is 239 g/mol. The van der Waals surface area contributed by atoms with Crippen LogP contribution in [0.25, 0.3) is 0 Å². The Balaban J connectivity index is 2.25. The summed E-state index contributed by atoms with van der Waals surface area (Å²) in [6.45, 7) is 0.761. The molecule has 2 rings (SSSR count). The minimum Gasteiger partial charge on any atom is -0.480 e. The highest BCUT2D eigenvalue weighted by Crippen LogP contribution is 2.27. The van der Waals surface area contributed by atoms with Crippen molar-refractivity contribution in [2.24, 2.45) is 0 Å². The summed E-state index contributed by atoms with van der Waals surface area (Å²) in [6, 6.07) is 7.40. The highest BCUT2D eigenvalue weighted by molar-refractivity contribution is 6.31. The van der Waals surface area contributed by atoms with Crippen molar-refractivity contribution in [3.8, 4) is 0 Å². The number of hydrogen-bond acceptors (Lipinski definition) is 2. The minimum atomic E-state index is -0.828. The van der Waals surface area contributed by atoms with Crippen LogP contribution in [0.1, 0.15) is 18.4 Å². The van der Waals surface area contributed by atoms with Crippen molar-refractivity contribution in [2.75, 3.05) is 6.54 Å². The lowest BCUT2D eigenvalue weighted by atomic mass is 9.89. The van der Waals surface area contributed by atoms with E-state index in [9.17, 15) is 9.90 Å². The van der Waals surface area contributed by atoms with Crippen LogP contribution in [0, 0.1) is 0 Å². The maximum absolute atomic E-state index is 11.3. The Hall–Kier alpha value is -1.06. The number of halogens is 1. The Bertz CT molecular complexity index is 400. The molecule has 4 heteroatoms. The summed E-state index contributed by atoms with van der Waals surface area (Å²) in [6.07, 6.45) is 2.01. The largest absolute Gasteiger partial charge is 0.480 e. The van der Waals surface area contributed by atoms with Gasteiger partial charge in [0.2, 0.25) is 0 Å². The normalized spacial score (nSPS) is 24.6. The quantitative estimate of drug-likeness (QED) is 0.849. The molecular weight excluding hydrogens is 226 g/mol.